The van der Waals surface area contributed by atoms with Crippen molar-refractivity contribution in [3.63, 3.8) is 0 Å². The second-order valence-electron chi connectivity index (χ2n) is 6.55. The second kappa shape index (κ2) is 9.25. The summed E-state index contributed by atoms with van der Waals surface area (Å²) in [4.78, 5) is 20.9. The normalized spacial score (nSPS) is 17.5. The average molecular weight is 426 g/mol. The monoisotopic (exact) mass is 425 g/mol. The molecule has 0 N–H and O–H groups in total. The lowest BCUT2D eigenvalue weighted by atomic mass is 9.92. The van der Waals surface area contributed by atoms with Gasteiger partial charge in [0, 0.05) is 30.0 Å². The van der Waals surface area contributed by atoms with Gasteiger partial charge in [-0.3, -0.25) is 4.79 Å². The number of rotatable bonds is 5. The molecule has 0 fully saturated rings. The lowest BCUT2D eigenvalue weighted by Crippen LogP contribution is -2.40. The van der Waals surface area contributed by atoms with Crippen LogP contribution in [0.3, 0.4) is 0 Å². The number of amides is 1. The Hall–Kier alpha value is -2.63. The lowest BCUT2D eigenvalue weighted by Gasteiger charge is -2.37. The number of nitrogens with zero attached hydrogens (tertiary/aromatic N) is 3. The van der Waals surface area contributed by atoms with Gasteiger partial charge in [-0.15, -0.1) is 11.3 Å². The molecule has 0 bridgehead atoms. The molecule has 0 radical (unpaired) electrons. The molecule has 1 atom stereocenters. The smallest absolute Gasteiger partial charge is 0.256 e. The summed E-state index contributed by atoms with van der Waals surface area (Å²) >= 11 is 7.92. The minimum absolute atomic E-state index is 0.0346. The van der Waals surface area contributed by atoms with E-state index in [1.807, 2.05) is 30.9 Å². The zero-order chi connectivity index (χ0) is 21.0. The van der Waals surface area contributed by atoms with Gasteiger partial charge in [0.25, 0.3) is 5.91 Å². The van der Waals surface area contributed by atoms with E-state index in [1.165, 1.54) is 11.1 Å². The van der Waals surface area contributed by atoms with Crippen LogP contribution in [0.1, 0.15) is 40.7 Å². The van der Waals surface area contributed by atoms with Gasteiger partial charge in [-0.2, -0.15) is 0 Å². The molecule has 0 aromatic carbocycles. The predicted octanol–water partition coefficient (Wildman–Crippen LogP) is 5.61. The highest BCUT2D eigenvalue weighted by molar-refractivity contribution is 7.16. The number of hydrogen-bond acceptors (Lipinski definition) is 3. The zero-order valence-corrected chi connectivity index (χ0v) is 18.2. The Balaban J connectivity index is 2.08. The van der Waals surface area contributed by atoms with Gasteiger partial charge in [-0.25, -0.2) is 4.99 Å². The van der Waals surface area contributed by atoms with Crippen LogP contribution < -0.4 is 5.49 Å². The van der Waals surface area contributed by atoms with E-state index in [1.54, 1.807) is 40.4 Å². The summed E-state index contributed by atoms with van der Waals surface area (Å²) in [6.07, 6.45) is 11.8. The van der Waals surface area contributed by atoms with Crippen LogP contribution in [0.4, 0.5) is 0 Å². The van der Waals surface area contributed by atoms with Gasteiger partial charge in [-0.1, -0.05) is 43.0 Å². The molecule has 3 rings (SSSR count). The van der Waals surface area contributed by atoms with Gasteiger partial charge in [0.05, 0.1) is 15.9 Å². The van der Waals surface area contributed by atoms with Crippen molar-refractivity contribution in [3.8, 4) is 0 Å². The van der Waals surface area contributed by atoms with Gasteiger partial charge < -0.3 is 9.47 Å². The number of carbonyl (C=O) groups is 1. The van der Waals surface area contributed by atoms with E-state index in [0.29, 0.717) is 17.6 Å². The first-order valence-corrected chi connectivity index (χ1v) is 10.6. The Morgan fingerprint density at radius 2 is 2.14 bits per heavy atom. The summed E-state index contributed by atoms with van der Waals surface area (Å²) in [6.45, 7) is 12.1. The first-order chi connectivity index (χ1) is 14.0. The van der Waals surface area contributed by atoms with E-state index in [-0.39, 0.29) is 11.9 Å². The fraction of sp³-hybridized carbons (Fsp3) is 0.217. The predicted molar refractivity (Wildman–Crippen MR) is 122 cm³/mol. The van der Waals surface area contributed by atoms with Crippen molar-refractivity contribution >= 4 is 35.0 Å². The van der Waals surface area contributed by atoms with Crippen LogP contribution in [0.2, 0.25) is 4.34 Å². The maximum Gasteiger partial charge on any atom is 0.256 e. The molecule has 0 aliphatic carbocycles. The van der Waals surface area contributed by atoms with Crippen molar-refractivity contribution in [2.24, 2.45) is 4.99 Å². The summed E-state index contributed by atoms with van der Waals surface area (Å²) in [5.74, 6) is -0.0346. The number of pyridine rings is 1. The average Bonchev–Trinajstić information content (AvgIpc) is 3.11. The third kappa shape index (κ3) is 4.21. The Morgan fingerprint density at radius 1 is 1.34 bits per heavy atom. The number of halogens is 1. The molecular formula is C23H24ClN3OS. The summed E-state index contributed by atoms with van der Waals surface area (Å²) in [5.41, 5.74) is 3.43. The first-order valence-electron chi connectivity index (χ1n) is 9.41. The number of allylic oxidation sites excluding steroid dienone is 2. The van der Waals surface area contributed by atoms with Crippen molar-refractivity contribution in [1.29, 1.82) is 0 Å². The zero-order valence-electron chi connectivity index (χ0n) is 16.6. The Bertz CT molecular complexity index is 1070. The summed E-state index contributed by atoms with van der Waals surface area (Å²) in [6, 6.07) is 5.42. The summed E-state index contributed by atoms with van der Waals surface area (Å²) in [7, 11) is 0. The molecule has 3 heterocycles. The summed E-state index contributed by atoms with van der Waals surface area (Å²) in [5, 5.41) is 0. The minimum Gasteiger partial charge on any atom is -0.327 e. The molecule has 150 valence electrons. The number of carbonyl (C=O) groups excluding carboxylic acids is 1. The highest BCUT2D eigenvalue weighted by Gasteiger charge is 2.34. The number of aromatic nitrogens is 1. The topological polar surface area (TPSA) is 37.6 Å². The molecule has 4 nitrogen and oxygen atoms in total. The van der Waals surface area contributed by atoms with Crippen LogP contribution >= 0.6 is 22.9 Å². The number of fused-ring (bicyclic) bond motifs is 1. The van der Waals surface area contributed by atoms with Crippen molar-refractivity contribution in [2.45, 2.75) is 26.3 Å². The lowest BCUT2D eigenvalue weighted by molar-refractivity contribution is 0.0695. The maximum atomic E-state index is 13.5. The van der Waals surface area contributed by atoms with Crippen molar-refractivity contribution < 1.29 is 4.79 Å². The van der Waals surface area contributed by atoms with Gasteiger partial charge in [0.15, 0.2) is 0 Å². The van der Waals surface area contributed by atoms with E-state index in [9.17, 15) is 4.79 Å². The van der Waals surface area contributed by atoms with Crippen LogP contribution in [0, 0.1) is 0 Å². The molecule has 1 amide bonds. The number of thiophene rings is 1. The van der Waals surface area contributed by atoms with Crippen molar-refractivity contribution in [3.05, 3.63) is 93.4 Å². The molecule has 0 spiro atoms. The van der Waals surface area contributed by atoms with Crippen LogP contribution in [0.15, 0.2) is 72.5 Å². The molecule has 2 aromatic rings. The van der Waals surface area contributed by atoms with Gasteiger partial charge in [0.1, 0.15) is 5.49 Å². The molecule has 1 aliphatic rings. The molecule has 2 aromatic heterocycles. The molecule has 1 aliphatic heterocycles. The molecule has 0 saturated heterocycles. The van der Waals surface area contributed by atoms with Gasteiger partial charge in [0.2, 0.25) is 0 Å². The summed E-state index contributed by atoms with van der Waals surface area (Å²) < 4.78 is 2.48. The first kappa shape index (κ1) is 21.1. The molecule has 1 unspecified atom stereocenters. The largest absolute Gasteiger partial charge is 0.327 e. The Morgan fingerprint density at radius 3 is 2.79 bits per heavy atom. The van der Waals surface area contributed by atoms with E-state index in [0.717, 1.165) is 21.9 Å². The van der Waals surface area contributed by atoms with Crippen molar-refractivity contribution in [2.75, 3.05) is 6.54 Å². The standard InChI is InChI=1S/C23H24ClN3OS/c1-5-9-16(6-2)22-18-14-20(24)29-19(18)12-13-27(22)23(28)17-10-11-21(25-7-3)26(8-4)15-17/h5-11,14-15,22H,3-4,12-13H2,1-2H3/b9-5-,16-6+,25-21?. The highest BCUT2D eigenvalue weighted by atomic mass is 35.5. The van der Waals surface area contributed by atoms with E-state index in [2.05, 4.69) is 30.3 Å². The van der Waals surface area contributed by atoms with Gasteiger partial charge in [-0.05, 0) is 49.6 Å². The fourth-order valence-corrected chi connectivity index (χ4v) is 4.92. The van der Waals surface area contributed by atoms with E-state index < -0.39 is 0 Å². The SMILES string of the molecule is C=CN=c1ccc(C(=O)N2CCc3sc(Cl)cc3C2C(/C=C\C)=C/C)cn1C=C. The molecular weight excluding hydrogens is 402 g/mol. The Labute approximate surface area is 180 Å². The van der Waals surface area contributed by atoms with Crippen LogP contribution in [0.5, 0.6) is 0 Å². The van der Waals surface area contributed by atoms with E-state index >= 15 is 0 Å². The minimum atomic E-state index is -0.161. The maximum absolute atomic E-state index is 13.5. The number of hydrogen-bond donors (Lipinski definition) is 0. The quantitative estimate of drug-likeness (QED) is 0.573. The van der Waals surface area contributed by atoms with E-state index in [4.69, 9.17) is 11.6 Å². The molecule has 0 saturated carbocycles. The third-order valence-corrected chi connectivity index (χ3v) is 6.23. The molecule has 6 heteroatoms. The fourth-order valence-electron chi connectivity index (χ4n) is 3.62. The van der Waals surface area contributed by atoms with Crippen LogP contribution in [-0.2, 0) is 6.42 Å². The van der Waals surface area contributed by atoms with Crippen LogP contribution in [0.25, 0.3) is 6.20 Å². The third-order valence-electron chi connectivity index (χ3n) is 4.89. The highest BCUT2D eigenvalue weighted by Crippen LogP contribution is 2.42. The van der Waals surface area contributed by atoms with Crippen LogP contribution in [-0.4, -0.2) is 21.9 Å². The molecule has 29 heavy (non-hydrogen) atoms. The second-order valence-corrected chi connectivity index (χ2v) is 8.31. The Kier molecular flexibility index (Phi) is 6.72. The van der Waals surface area contributed by atoms with Gasteiger partial charge >= 0.3 is 0 Å². The van der Waals surface area contributed by atoms with Crippen molar-refractivity contribution in [1.82, 2.24) is 9.47 Å².